The Labute approximate surface area is 176 Å². The van der Waals surface area contributed by atoms with Gasteiger partial charge in [-0.2, -0.15) is 0 Å². The average Bonchev–Trinajstić information content (AvgIpc) is 3.37. The second-order valence-corrected chi connectivity index (χ2v) is 8.75. The van der Waals surface area contributed by atoms with Crippen molar-refractivity contribution in [3.8, 4) is 11.3 Å². The van der Waals surface area contributed by atoms with Gasteiger partial charge in [-0.1, -0.05) is 59.6 Å². The standard InChI is InChI=1S/C25H27N3O2/c1-17-4-2-6-20(12-17)23-22(16-30-28-23)24(29)26-14-18-7-9-21(10-8-18)25-11-3-5-19(13-25)15-27-25/h2,4,6-10,12,16,19,27H,3,5,11,13-15H2,1H3,(H,26,29). The van der Waals surface area contributed by atoms with Crippen LogP contribution in [0.3, 0.4) is 0 Å². The van der Waals surface area contributed by atoms with E-state index in [1.165, 1.54) is 37.5 Å². The Hall–Kier alpha value is -2.92. The van der Waals surface area contributed by atoms with E-state index in [1.807, 2.05) is 31.2 Å². The van der Waals surface area contributed by atoms with Crippen LogP contribution in [-0.2, 0) is 12.1 Å². The first-order valence-electron chi connectivity index (χ1n) is 10.8. The van der Waals surface area contributed by atoms with Gasteiger partial charge in [-0.15, -0.1) is 0 Å². The van der Waals surface area contributed by atoms with Crippen LogP contribution in [0.25, 0.3) is 11.3 Å². The van der Waals surface area contributed by atoms with Crippen molar-refractivity contribution in [3.63, 3.8) is 0 Å². The lowest BCUT2D eigenvalue weighted by Gasteiger charge is -2.33. The number of benzene rings is 2. The molecule has 1 aromatic heterocycles. The number of aryl methyl sites for hydroxylation is 1. The first-order chi connectivity index (χ1) is 14.6. The number of carbonyl (C=O) groups is 1. The van der Waals surface area contributed by atoms with Crippen LogP contribution in [0.5, 0.6) is 0 Å². The fourth-order valence-electron chi connectivity index (χ4n) is 5.05. The molecule has 1 saturated carbocycles. The third-order valence-corrected chi connectivity index (χ3v) is 6.65. The average molecular weight is 402 g/mol. The summed E-state index contributed by atoms with van der Waals surface area (Å²) < 4.78 is 5.11. The maximum Gasteiger partial charge on any atom is 0.257 e. The number of carbonyl (C=O) groups excluding carboxylic acids is 1. The third kappa shape index (κ3) is 3.54. The van der Waals surface area contributed by atoms with E-state index >= 15 is 0 Å². The molecule has 2 unspecified atom stereocenters. The van der Waals surface area contributed by atoms with E-state index in [-0.39, 0.29) is 11.4 Å². The molecule has 2 aromatic carbocycles. The van der Waals surface area contributed by atoms with Crippen molar-refractivity contribution < 1.29 is 9.32 Å². The summed E-state index contributed by atoms with van der Waals surface area (Å²) in [6.45, 7) is 3.63. The van der Waals surface area contributed by atoms with Crippen LogP contribution in [0.1, 0.15) is 52.7 Å². The van der Waals surface area contributed by atoms with Crippen molar-refractivity contribution >= 4 is 5.91 Å². The van der Waals surface area contributed by atoms with Crippen molar-refractivity contribution in [2.45, 2.75) is 44.7 Å². The Morgan fingerprint density at radius 2 is 2.13 bits per heavy atom. The Morgan fingerprint density at radius 1 is 1.27 bits per heavy atom. The second-order valence-electron chi connectivity index (χ2n) is 8.75. The summed E-state index contributed by atoms with van der Waals surface area (Å²) in [6, 6.07) is 16.6. The third-order valence-electron chi connectivity index (χ3n) is 6.65. The summed E-state index contributed by atoms with van der Waals surface area (Å²) >= 11 is 0. The molecule has 1 saturated heterocycles. The molecule has 3 aromatic rings. The van der Waals surface area contributed by atoms with Crippen molar-refractivity contribution in [1.29, 1.82) is 0 Å². The predicted molar refractivity (Wildman–Crippen MR) is 116 cm³/mol. The highest BCUT2D eigenvalue weighted by Crippen LogP contribution is 2.44. The van der Waals surface area contributed by atoms with Crippen molar-refractivity contribution in [1.82, 2.24) is 15.8 Å². The number of aromatic nitrogens is 1. The summed E-state index contributed by atoms with van der Waals surface area (Å²) in [5.74, 6) is 0.645. The van der Waals surface area contributed by atoms with Gasteiger partial charge in [0.2, 0.25) is 0 Å². The van der Waals surface area contributed by atoms with E-state index in [0.29, 0.717) is 17.8 Å². The Kier molecular flexibility index (Phi) is 4.91. The number of hydrogen-bond donors (Lipinski definition) is 2. The maximum absolute atomic E-state index is 12.8. The molecule has 5 heteroatoms. The molecule has 5 rings (SSSR count). The molecule has 1 aliphatic heterocycles. The monoisotopic (exact) mass is 401 g/mol. The van der Waals surface area contributed by atoms with Crippen LogP contribution in [0.4, 0.5) is 0 Å². The topological polar surface area (TPSA) is 67.2 Å². The Bertz CT molecular complexity index is 1050. The highest BCUT2D eigenvalue weighted by molar-refractivity contribution is 5.99. The lowest BCUT2D eigenvalue weighted by atomic mass is 9.76. The molecule has 2 fully saturated rings. The maximum atomic E-state index is 12.8. The normalized spacial score (nSPS) is 22.8. The number of rotatable bonds is 5. The molecule has 1 aliphatic carbocycles. The minimum absolute atomic E-state index is 0.163. The molecule has 2 heterocycles. The molecule has 0 radical (unpaired) electrons. The van der Waals surface area contributed by atoms with Gasteiger partial charge in [0.25, 0.3) is 5.91 Å². The smallest absolute Gasteiger partial charge is 0.257 e. The van der Waals surface area contributed by atoms with Crippen LogP contribution >= 0.6 is 0 Å². The number of nitrogens with one attached hydrogen (secondary N) is 2. The lowest BCUT2D eigenvalue weighted by molar-refractivity contribution is 0.0951. The largest absolute Gasteiger partial charge is 0.363 e. The van der Waals surface area contributed by atoms with E-state index in [9.17, 15) is 4.79 Å². The fourth-order valence-corrected chi connectivity index (χ4v) is 5.05. The molecule has 2 N–H and O–H groups in total. The molecular formula is C25H27N3O2. The van der Waals surface area contributed by atoms with E-state index in [2.05, 4.69) is 40.1 Å². The van der Waals surface area contributed by atoms with Gasteiger partial charge in [-0.05, 0) is 55.8 Å². The molecule has 0 spiro atoms. The van der Waals surface area contributed by atoms with Crippen LogP contribution in [0.2, 0.25) is 0 Å². The quantitative estimate of drug-likeness (QED) is 0.657. The highest BCUT2D eigenvalue weighted by atomic mass is 16.5. The van der Waals surface area contributed by atoms with Gasteiger partial charge in [0.05, 0.1) is 0 Å². The van der Waals surface area contributed by atoms with Gasteiger partial charge in [-0.3, -0.25) is 4.79 Å². The number of hydrogen-bond acceptors (Lipinski definition) is 4. The summed E-state index contributed by atoms with van der Waals surface area (Å²) in [7, 11) is 0. The van der Waals surface area contributed by atoms with Gasteiger partial charge in [0.1, 0.15) is 17.5 Å². The van der Waals surface area contributed by atoms with Crippen molar-refractivity contribution in [2.75, 3.05) is 6.54 Å². The first kappa shape index (κ1) is 19.1. The molecule has 154 valence electrons. The van der Waals surface area contributed by atoms with E-state index < -0.39 is 0 Å². The minimum Gasteiger partial charge on any atom is -0.363 e. The molecule has 5 nitrogen and oxygen atoms in total. The Balaban J connectivity index is 1.26. The van der Waals surface area contributed by atoms with Gasteiger partial charge in [0, 0.05) is 17.6 Å². The molecular weight excluding hydrogens is 374 g/mol. The zero-order valence-electron chi connectivity index (χ0n) is 17.3. The SMILES string of the molecule is Cc1cccc(-c2nocc2C(=O)NCc2ccc(C34CCCC(CN3)C4)cc2)c1. The van der Waals surface area contributed by atoms with Gasteiger partial charge >= 0.3 is 0 Å². The van der Waals surface area contributed by atoms with Gasteiger partial charge in [0.15, 0.2) is 0 Å². The minimum atomic E-state index is -0.178. The number of nitrogens with zero attached hydrogens (tertiary/aromatic N) is 1. The fraction of sp³-hybridized carbons (Fsp3) is 0.360. The van der Waals surface area contributed by atoms with Crippen molar-refractivity contribution in [3.05, 3.63) is 77.0 Å². The molecule has 2 atom stereocenters. The predicted octanol–water partition coefficient (Wildman–Crippen LogP) is 4.57. The summed E-state index contributed by atoms with van der Waals surface area (Å²) in [5.41, 5.74) is 5.65. The number of amides is 1. The van der Waals surface area contributed by atoms with E-state index in [1.54, 1.807) is 0 Å². The molecule has 2 bridgehead atoms. The summed E-state index contributed by atoms with van der Waals surface area (Å²) in [5, 5.41) is 10.8. The van der Waals surface area contributed by atoms with E-state index in [0.717, 1.165) is 29.2 Å². The number of fused-ring (bicyclic) bond motifs is 2. The highest BCUT2D eigenvalue weighted by Gasteiger charge is 2.42. The summed E-state index contributed by atoms with van der Waals surface area (Å²) in [6.07, 6.45) is 6.54. The molecule has 2 aliphatic rings. The van der Waals surface area contributed by atoms with Gasteiger partial charge < -0.3 is 15.2 Å². The summed E-state index contributed by atoms with van der Waals surface area (Å²) in [4.78, 5) is 12.8. The molecule has 1 amide bonds. The first-order valence-corrected chi connectivity index (χ1v) is 10.8. The molecule has 30 heavy (non-hydrogen) atoms. The zero-order valence-corrected chi connectivity index (χ0v) is 17.3. The lowest BCUT2D eigenvalue weighted by Crippen LogP contribution is -2.37. The second kappa shape index (κ2) is 7.73. The van der Waals surface area contributed by atoms with Crippen LogP contribution in [-0.4, -0.2) is 17.6 Å². The van der Waals surface area contributed by atoms with Crippen molar-refractivity contribution in [2.24, 2.45) is 5.92 Å². The van der Waals surface area contributed by atoms with E-state index in [4.69, 9.17) is 4.52 Å². The Morgan fingerprint density at radius 3 is 2.97 bits per heavy atom. The van der Waals surface area contributed by atoms with Crippen LogP contribution in [0, 0.1) is 12.8 Å². The van der Waals surface area contributed by atoms with Crippen LogP contribution in [0.15, 0.2) is 59.3 Å². The van der Waals surface area contributed by atoms with Crippen LogP contribution < -0.4 is 10.6 Å². The van der Waals surface area contributed by atoms with Gasteiger partial charge in [-0.25, -0.2) is 0 Å². The zero-order chi connectivity index (χ0) is 20.6.